The number of aromatic nitrogens is 1. The summed E-state index contributed by atoms with van der Waals surface area (Å²) in [4.78, 5) is 27.3. The van der Waals surface area contributed by atoms with E-state index in [1.807, 2.05) is 35.9 Å². The van der Waals surface area contributed by atoms with E-state index in [0.717, 1.165) is 10.9 Å². The van der Waals surface area contributed by atoms with Crippen LogP contribution in [0.5, 0.6) is 5.75 Å². The van der Waals surface area contributed by atoms with Gasteiger partial charge in [-0.3, -0.25) is 9.59 Å². The van der Waals surface area contributed by atoms with E-state index in [1.54, 1.807) is 31.3 Å². The highest BCUT2D eigenvalue weighted by Crippen LogP contribution is 2.28. The second kappa shape index (κ2) is 9.11. The Morgan fingerprint density at radius 2 is 1.83 bits per heavy atom. The molecule has 6 nitrogen and oxygen atoms in total. The first kappa shape index (κ1) is 20.9. The molecule has 0 unspecified atom stereocenters. The molecule has 0 aliphatic rings. The monoisotopic (exact) mass is 413 g/mol. The average molecular weight is 414 g/mol. The highest BCUT2D eigenvalue weighted by atomic mass is 35.5. The Bertz CT molecular complexity index is 1030. The van der Waals surface area contributed by atoms with Crippen LogP contribution in [0.1, 0.15) is 22.5 Å². The summed E-state index contributed by atoms with van der Waals surface area (Å²) in [5.74, 6) is -0.469. The molecule has 2 aromatic carbocycles. The van der Waals surface area contributed by atoms with E-state index >= 15 is 0 Å². The van der Waals surface area contributed by atoms with Crippen LogP contribution in [-0.2, 0) is 18.4 Å². The second-order valence-electron chi connectivity index (χ2n) is 6.84. The van der Waals surface area contributed by atoms with Crippen molar-refractivity contribution in [2.24, 2.45) is 12.8 Å². The Morgan fingerprint density at radius 1 is 1.14 bits per heavy atom. The summed E-state index contributed by atoms with van der Waals surface area (Å²) >= 11 is 5.92. The highest BCUT2D eigenvalue weighted by Gasteiger charge is 2.28. The average Bonchev–Trinajstić information content (AvgIpc) is 3.02. The van der Waals surface area contributed by atoms with E-state index in [9.17, 15) is 9.59 Å². The summed E-state index contributed by atoms with van der Waals surface area (Å²) in [7, 11) is 3.48. The first-order valence-electron chi connectivity index (χ1n) is 9.38. The Balaban J connectivity index is 1.96. The van der Waals surface area contributed by atoms with Gasteiger partial charge in [0.25, 0.3) is 11.7 Å². The Kier molecular flexibility index (Phi) is 6.56. The minimum Gasteiger partial charge on any atom is -0.487 e. The fourth-order valence-electron chi connectivity index (χ4n) is 3.26. The number of Topliss-reactive ketones (excluding diaryl/α,β-unsaturated/α-hetero) is 1. The lowest BCUT2D eigenvalue weighted by atomic mass is 10.1. The Hall–Kier alpha value is -2.83. The van der Waals surface area contributed by atoms with Crippen molar-refractivity contribution < 1.29 is 14.3 Å². The van der Waals surface area contributed by atoms with Crippen LogP contribution in [0.15, 0.2) is 48.5 Å². The van der Waals surface area contributed by atoms with E-state index in [4.69, 9.17) is 22.1 Å². The van der Waals surface area contributed by atoms with Gasteiger partial charge in [-0.05, 0) is 43.3 Å². The first-order chi connectivity index (χ1) is 13.9. The third-order valence-corrected chi connectivity index (χ3v) is 5.14. The fourth-order valence-corrected chi connectivity index (χ4v) is 3.39. The molecule has 152 valence electrons. The maximum atomic E-state index is 13.1. The van der Waals surface area contributed by atoms with Gasteiger partial charge >= 0.3 is 0 Å². The Morgan fingerprint density at radius 3 is 2.52 bits per heavy atom. The number of ether oxygens (including phenoxy) is 1. The van der Waals surface area contributed by atoms with Crippen molar-refractivity contribution in [2.45, 2.75) is 13.0 Å². The summed E-state index contributed by atoms with van der Waals surface area (Å²) in [6, 6.07) is 14.5. The number of ketones is 1. The van der Waals surface area contributed by atoms with E-state index in [-0.39, 0.29) is 6.61 Å². The number of amides is 1. The molecule has 3 rings (SSSR count). The van der Waals surface area contributed by atoms with E-state index in [1.165, 1.54) is 4.90 Å². The van der Waals surface area contributed by atoms with Crippen LogP contribution in [0, 0.1) is 0 Å². The molecule has 0 saturated carbocycles. The third-order valence-electron chi connectivity index (χ3n) is 4.88. The third kappa shape index (κ3) is 4.44. The van der Waals surface area contributed by atoms with Gasteiger partial charge in [0.1, 0.15) is 12.4 Å². The number of halogens is 1. The van der Waals surface area contributed by atoms with Gasteiger partial charge < -0.3 is 19.9 Å². The van der Waals surface area contributed by atoms with Crippen molar-refractivity contribution in [2.75, 3.05) is 20.1 Å². The summed E-state index contributed by atoms with van der Waals surface area (Å²) in [5, 5.41) is 1.35. The van der Waals surface area contributed by atoms with Gasteiger partial charge in [-0.15, -0.1) is 0 Å². The molecule has 0 aliphatic heterocycles. The van der Waals surface area contributed by atoms with Crippen LogP contribution < -0.4 is 10.5 Å². The number of fused-ring (bicyclic) bond motifs is 1. The van der Waals surface area contributed by atoms with Crippen molar-refractivity contribution in [3.63, 3.8) is 0 Å². The predicted molar refractivity (Wildman–Crippen MR) is 114 cm³/mol. The van der Waals surface area contributed by atoms with Crippen LogP contribution in [0.25, 0.3) is 10.9 Å². The number of likely N-dealkylation sites (N-methyl/N-ethyl adjacent to an activating group) is 1. The number of carbonyl (C=O) groups excluding carboxylic acids is 2. The van der Waals surface area contributed by atoms with E-state index in [0.29, 0.717) is 41.5 Å². The predicted octanol–water partition coefficient (Wildman–Crippen LogP) is 3.40. The number of carbonyl (C=O) groups is 2. The van der Waals surface area contributed by atoms with Gasteiger partial charge in [0.05, 0.1) is 11.3 Å². The minimum atomic E-state index is -0.553. The normalized spacial score (nSPS) is 10.9. The van der Waals surface area contributed by atoms with E-state index in [2.05, 4.69) is 0 Å². The van der Waals surface area contributed by atoms with Crippen LogP contribution in [-0.4, -0.2) is 41.3 Å². The topological polar surface area (TPSA) is 77.6 Å². The molecule has 2 N–H and O–H groups in total. The Labute approximate surface area is 174 Å². The molecule has 0 spiro atoms. The first-order valence-corrected chi connectivity index (χ1v) is 9.76. The van der Waals surface area contributed by atoms with E-state index < -0.39 is 11.7 Å². The van der Waals surface area contributed by atoms with Crippen molar-refractivity contribution in [3.05, 3.63) is 64.8 Å². The number of nitrogens with zero attached hydrogens (tertiary/aromatic N) is 2. The number of nitrogens with two attached hydrogens (primary N) is 1. The van der Waals surface area contributed by atoms with Gasteiger partial charge in [0.15, 0.2) is 0 Å². The zero-order chi connectivity index (χ0) is 21.0. The quantitative estimate of drug-likeness (QED) is 0.453. The molecule has 0 bridgehead atoms. The highest BCUT2D eigenvalue weighted by molar-refractivity contribution is 6.45. The number of benzene rings is 2. The SMILES string of the molecule is CN(CCCN)C(=O)C(=O)c1c(COc2ccc(Cl)cc2)n(C)c2ccccc12. The summed E-state index contributed by atoms with van der Waals surface area (Å²) in [6.45, 7) is 1.04. The molecule has 0 atom stereocenters. The van der Waals surface area contributed by atoms with Gasteiger partial charge in [-0.2, -0.15) is 0 Å². The van der Waals surface area contributed by atoms with Crippen LogP contribution in [0.4, 0.5) is 0 Å². The fraction of sp³-hybridized carbons (Fsp3) is 0.273. The molecule has 0 saturated heterocycles. The summed E-state index contributed by atoms with van der Waals surface area (Å²) in [5.41, 5.74) is 7.40. The molecular formula is C22H24ClN3O3. The number of aryl methyl sites for hydroxylation is 1. The molecule has 3 aromatic rings. The van der Waals surface area contributed by atoms with Crippen LogP contribution >= 0.6 is 11.6 Å². The van der Waals surface area contributed by atoms with Gasteiger partial charge in [-0.25, -0.2) is 0 Å². The minimum absolute atomic E-state index is 0.147. The molecule has 1 amide bonds. The van der Waals surface area contributed by atoms with Gasteiger partial charge in [0, 0.05) is 36.6 Å². The largest absolute Gasteiger partial charge is 0.487 e. The molecule has 0 radical (unpaired) electrons. The molecule has 1 aromatic heterocycles. The molecule has 7 heteroatoms. The van der Waals surface area contributed by atoms with Crippen molar-refractivity contribution in [3.8, 4) is 5.75 Å². The number of hydrogen-bond acceptors (Lipinski definition) is 4. The second-order valence-corrected chi connectivity index (χ2v) is 7.27. The van der Waals surface area contributed by atoms with Gasteiger partial charge in [-0.1, -0.05) is 29.8 Å². The summed E-state index contributed by atoms with van der Waals surface area (Å²) in [6.07, 6.45) is 0.637. The maximum Gasteiger partial charge on any atom is 0.294 e. The molecule has 1 heterocycles. The number of hydrogen-bond donors (Lipinski definition) is 1. The molecule has 0 aliphatic carbocycles. The summed E-state index contributed by atoms with van der Waals surface area (Å²) < 4.78 is 7.77. The standard InChI is InChI=1S/C22H24ClN3O3/c1-25(13-5-12-24)22(28)21(27)20-17-6-3-4-7-18(17)26(2)19(20)14-29-16-10-8-15(23)9-11-16/h3-4,6-11H,5,12-14,24H2,1-2H3. The number of para-hydroxylation sites is 1. The zero-order valence-electron chi connectivity index (χ0n) is 16.5. The van der Waals surface area contributed by atoms with Gasteiger partial charge in [0.2, 0.25) is 0 Å². The van der Waals surface area contributed by atoms with Crippen molar-refractivity contribution >= 4 is 34.2 Å². The van der Waals surface area contributed by atoms with Crippen LogP contribution in [0.3, 0.4) is 0 Å². The molecule has 29 heavy (non-hydrogen) atoms. The zero-order valence-corrected chi connectivity index (χ0v) is 17.3. The lowest BCUT2D eigenvalue weighted by molar-refractivity contribution is -0.125. The smallest absolute Gasteiger partial charge is 0.294 e. The van der Waals surface area contributed by atoms with Crippen LogP contribution in [0.2, 0.25) is 5.02 Å². The van der Waals surface area contributed by atoms with Crippen molar-refractivity contribution in [1.29, 1.82) is 0 Å². The lowest BCUT2D eigenvalue weighted by Gasteiger charge is -2.16. The molecular weight excluding hydrogens is 390 g/mol. The van der Waals surface area contributed by atoms with Crippen molar-refractivity contribution in [1.82, 2.24) is 9.47 Å². The number of rotatable bonds is 8. The molecule has 0 fully saturated rings. The lowest BCUT2D eigenvalue weighted by Crippen LogP contribution is -2.35. The maximum absolute atomic E-state index is 13.1.